The Kier molecular flexibility index (Phi) is 5.36. The van der Waals surface area contributed by atoms with E-state index in [4.69, 9.17) is 9.47 Å². The van der Waals surface area contributed by atoms with Crippen molar-refractivity contribution in [2.75, 3.05) is 14.2 Å². The lowest BCUT2D eigenvalue weighted by Gasteiger charge is -2.45. The highest BCUT2D eigenvalue weighted by atomic mass is 79.9. The Balaban J connectivity index is 2.27. The Hall–Kier alpha value is -1.86. The Bertz CT molecular complexity index is 877. The Morgan fingerprint density at radius 2 is 1.85 bits per heavy atom. The number of methoxy groups -OCH3 is 2. The number of carbonyl (C=O) groups excluding carboxylic acids is 2. The number of benzene rings is 1. The van der Waals surface area contributed by atoms with E-state index in [0.717, 1.165) is 5.57 Å². The van der Waals surface area contributed by atoms with E-state index in [1.807, 2.05) is 6.08 Å². The summed E-state index contributed by atoms with van der Waals surface area (Å²) in [5.41, 5.74) is 1.48. The van der Waals surface area contributed by atoms with Gasteiger partial charge >= 0.3 is 0 Å². The van der Waals surface area contributed by atoms with Crippen molar-refractivity contribution < 1.29 is 24.2 Å². The number of phenolic OH excluding ortho intramolecular Hbond substituents is 1. The zero-order valence-electron chi connectivity index (χ0n) is 14.8. The number of ether oxygens (including phenoxy) is 2. The molecule has 1 aromatic rings. The molecule has 0 fully saturated rings. The molecule has 27 heavy (non-hydrogen) atoms. The summed E-state index contributed by atoms with van der Waals surface area (Å²) in [6, 6.07) is 3.30. The van der Waals surface area contributed by atoms with Crippen LogP contribution in [0, 0.1) is 5.92 Å². The van der Waals surface area contributed by atoms with Crippen LogP contribution in [0.25, 0.3) is 0 Å². The van der Waals surface area contributed by atoms with Gasteiger partial charge in [0, 0.05) is 12.0 Å². The van der Waals surface area contributed by atoms with Crippen LogP contribution < -0.4 is 9.47 Å². The van der Waals surface area contributed by atoms with Gasteiger partial charge in [0.1, 0.15) is 4.32 Å². The number of carbonyl (C=O) groups is 2. The maximum absolute atomic E-state index is 13.0. The number of rotatable bonds is 4. The molecule has 3 rings (SSSR count). The van der Waals surface area contributed by atoms with Crippen LogP contribution in [0.5, 0.6) is 17.2 Å². The average Bonchev–Trinajstić information content (AvgIpc) is 2.66. The van der Waals surface area contributed by atoms with Gasteiger partial charge in [-0.1, -0.05) is 34.7 Å². The molecule has 0 heterocycles. The maximum Gasteiger partial charge on any atom is 0.200 e. The summed E-state index contributed by atoms with van der Waals surface area (Å²) in [4.78, 5) is 25.8. The van der Waals surface area contributed by atoms with Crippen LogP contribution in [0.2, 0.25) is 0 Å². The first-order valence-electron chi connectivity index (χ1n) is 8.21. The molecule has 3 atom stereocenters. The molecule has 2 aliphatic carbocycles. The largest absolute Gasteiger partial charge is 0.502 e. The van der Waals surface area contributed by atoms with Crippen LogP contribution in [0.3, 0.4) is 0 Å². The van der Waals surface area contributed by atoms with Crippen LogP contribution in [0.15, 0.2) is 47.0 Å². The lowest BCUT2D eigenvalue weighted by molar-refractivity contribution is -0.127. The molecular weight excluding hydrogens is 480 g/mol. The van der Waals surface area contributed by atoms with E-state index < -0.39 is 16.2 Å². The van der Waals surface area contributed by atoms with E-state index in [-0.39, 0.29) is 33.3 Å². The van der Waals surface area contributed by atoms with Crippen LogP contribution in [-0.2, 0) is 9.59 Å². The Morgan fingerprint density at radius 1 is 1.26 bits per heavy atom. The summed E-state index contributed by atoms with van der Waals surface area (Å²) in [5.74, 6) is -1.10. The predicted octanol–water partition coefficient (Wildman–Crippen LogP) is 4.19. The number of hydrogen-bond acceptors (Lipinski definition) is 5. The van der Waals surface area contributed by atoms with Gasteiger partial charge in [0.15, 0.2) is 23.1 Å². The fourth-order valence-corrected chi connectivity index (χ4v) is 5.30. The summed E-state index contributed by atoms with van der Waals surface area (Å²) in [7, 11) is 2.87. The quantitative estimate of drug-likeness (QED) is 0.631. The lowest BCUT2D eigenvalue weighted by Crippen LogP contribution is -2.52. The van der Waals surface area contributed by atoms with Crippen molar-refractivity contribution in [3.05, 3.63) is 52.6 Å². The van der Waals surface area contributed by atoms with Gasteiger partial charge in [0.2, 0.25) is 5.75 Å². The maximum atomic E-state index is 13.0. The molecule has 0 saturated heterocycles. The standard InChI is InChI=1S/C20H18Br2O5/c1-4-10-5-6-12-18(24)13(21)9-16(23)20(12,22)17(10)11-7-14(26-2)19(25)15(8-11)27-3/h4-5,7-9,12,17,25H,1,6H2,2-3H3/t12-,17+,20+/m0/s1. The summed E-state index contributed by atoms with van der Waals surface area (Å²) in [5, 5.41) is 10.2. The highest BCUT2D eigenvalue weighted by molar-refractivity contribution is 9.12. The SMILES string of the molecule is C=CC1=CC[C@H]2C(=O)C(Br)=CC(=O)[C@@]2(Br)[C@H]1c1cc(OC)c(O)c(OC)c1. The van der Waals surface area contributed by atoms with E-state index in [1.165, 1.54) is 20.3 Å². The summed E-state index contributed by atoms with van der Waals surface area (Å²) < 4.78 is 9.64. The minimum atomic E-state index is -1.16. The third-order valence-electron chi connectivity index (χ3n) is 5.11. The van der Waals surface area contributed by atoms with Crippen LogP contribution in [-0.4, -0.2) is 35.2 Å². The van der Waals surface area contributed by atoms with Crippen molar-refractivity contribution in [2.24, 2.45) is 5.92 Å². The van der Waals surface area contributed by atoms with Crippen molar-refractivity contribution >= 4 is 43.4 Å². The summed E-state index contributed by atoms with van der Waals surface area (Å²) in [6.07, 6.45) is 5.34. The first kappa shape index (κ1) is 19.9. The van der Waals surface area contributed by atoms with Gasteiger partial charge in [-0.3, -0.25) is 9.59 Å². The van der Waals surface area contributed by atoms with Gasteiger partial charge in [0.05, 0.1) is 24.6 Å². The van der Waals surface area contributed by atoms with Crippen molar-refractivity contribution in [1.82, 2.24) is 0 Å². The molecule has 0 spiro atoms. The second-order valence-corrected chi connectivity index (χ2v) is 8.56. The zero-order valence-corrected chi connectivity index (χ0v) is 18.0. The van der Waals surface area contributed by atoms with Crippen molar-refractivity contribution in [2.45, 2.75) is 16.7 Å². The van der Waals surface area contributed by atoms with E-state index >= 15 is 0 Å². The minimum Gasteiger partial charge on any atom is -0.502 e. The first-order valence-corrected chi connectivity index (χ1v) is 9.80. The summed E-state index contributed by atoms with van der Waals surface area (Å²) in [6.45, 7) is 3.87. The number of alkyl halides is 1. The Morgan fingerprint density at radius 3 is 2.37 bits per heavy atom. The van der Waals surface area contributed by atoms with E-state index in [0.29, 0.717) is 12.0 Å². The van der Waals surface area contributed by atoms with Gasteiger partial charge in [0.25, 0.3) is 0 Å². The summed E-state index contributed by atoms with van der Waals surface area (Å²) >= 11 is 6.83. The molecule has 1 aromatic carbocycles. The molecule has 0 bridgehead atoms. The molecule has 142 valence electrons. The predicted molar refractivity (Wildman–Crippen MR) is 109 cm³/mol. The van der Waals surface area contributed by atoms with Crippen LogP contribution >= 0.6 is 31.9 Å². The molecule has 0 radical (unpaired) electrons. The van der Waals surface area contributed by atoms with Gasteiger partial charge in [-0.25, -0.2) is 0 Å². The second kappa shape index (κ2) is 7.28. The molecular formula is C20H18Br2O5. The van der Waals surface area contributed by atoms with Crippen LogP contribution in [0.4, 0.5) is 0 Å². The highest BCUT2D eigenvalue weighted by Crippen LogP contribution is 2.55. The fraction of sp³-hybridized carbons (Fsp3) is 0.300. The van der Waals surface area contributed by atoms with Gasteiger partial charge in [-0.15, -0.1) is 0 Å². The monoisotopic (exact) mass is 496 g/mol. The smallest absolute Gasteiger partial charge is 0.200 e. The second-order valence-electron chi connectivity index (χ2n) is 6.39. The number of aromatic hydroxyl groups is 1. The average molecular weight is 498 g/mol. The zero-order chi connectivity index (χ0) is 19.9. The number of ketones is 2. The highest BCUT2D eigenvalue weighted by Gasteiger charge is 2.56. The molecule has 1 N–H and O–H groups in total. The van der Waals surface area contributed by atoms with Crippen LogP contribution in [0.1, 0.15) is 17.9 Å². The molecule has 0 aliphatic heterocycles. The number of allylic oxidation sites excluding steroid dienone is 5. The van der Waals surface area contributed by atoms with Gasteiger partial charge < -0.3 is 14.6 Å². The number of hydrogen-bond donors (Lipinski definition) is 1. The number of fused-ring (bicyclic) bond motifs is 1. The van der Waals surface area contributed by atoms with Crippen molar-refractivity contribution in [1.29, 1.82) is 0 Å². The number of Topliss-reactive ketones (excluding diaryl/α,β-unsaturated/α-hetero) is 1. The topological polar surface area (TPSA) is 72.8 Å². The molecule has 0 amide bonds. The first-order chi connectivity index (χ1) is 12.8. The van der Waals surface area contributed by atoms with Gasteiger partial charge in [-0.2, -0.15) is 0 Å². The van der Waals surface area contributed by atoms with E-state index in [2.05, 4.69) is 38.4 Å². The normalized spacial score (nSPS) is 27.4. The van der Waals surface area contributed by atoms with Gasteiger partial charge in [-0.05, 0) is 45.6 Å². The molecule has 5 nitrogen and oxygen atoms in total. The van der Waals surface area contributed by atoms with Crippen molar-refractivity contribution in [3.8, 4) is 17.2 Å². The molecule has 2 aliphatic rings. The third-order valence-corrected chi connectivity index (χ3v) is 7.13. The lowest BCUT2D eigenvalue weighted by atomic mass is 9.64. The minimum absolute atomic E-state index is 0.127. The molecule has 0 aromatic heterocycles. The van der Waals surface area contributed by atoms with Crippen molar-refractivity contribution in [3.63, 3.8) is 0 Å². The Labute approximate surface area is 174 Å². The fourth-order valence-electron chi connectivity index (χ4n) is 3.78. The molecule has 7 heteroatoms. The molecule has 0 unspecified atom stereocenters. The number of halogens is 2. The van der Waals surface area contributed by atoms with E-state index in [9.17, 15) is 14.7 Å². The third kappa shape index (κ3) is 2.97. The molecule has 0 saturated carbocycles. The number of phenols is 1. The van der Waals surface area contributed by atoms with E-state index in [1.54, 1.807) is 18.2 Å².